The zero-order valence-electron chi connectivity index (χ0n) is 17.9. The van der Waals surface area contributed by atoms with Crippen molar-refractivity contribution >= 4 is 23.5 Å². The number of aromatic nitrogens is 2. The average molecular weight is 454 g/mol. The zero-order chi connectivity index (χ0) is 22.8. The van der Waals surface area contributed by atoms with E-state index >= 15 is 0 Å². The first-order valence-corrected chi connectivity index (χ1v) is 10.9. The fourth-order valence-electron chi connectivity index (χ4n) is 3.79. The first-order valence-electron chi connectivity index (χ1n) is 9.95. The quantitative estimate of drug-likeness (QED) is 0.436. The number of phenols is 1. The molecule has 2 aromatic carbocycles. The molecule has 0 saturated heterocycles. The van der Waals surface area contributed by atoms with Crippen LogP contribution in [0.25, 0.3) is 0 Å². The molecule has 0 bridgehead atoms. The van der Waals surface area contributed by atoms with Gasteiger partial charge >= 0.3 is 0 Å². The van der Waals surface area contributed by atoms with E-state index < -0.39 is 11.5 Å². The lowest BCUT2D eigenvalue weighted by atomic mass is 9.86. The van der Waals surface area contributed by atoms with E-state index in [1.165, 1.54) is 26.0 Å². The van der Waals surface area contributed by atoms with Crippen molar-refractivity contribution in [2.45, 2.75) is 23.2 Å². The lowest BCUT2D eigenvalue weighted by molar-refractivity contribution is -0.116. The van der Waals surface area contributed by atoms with Crippen molar-refractivity contribution in [3.8, 4) is 17.2 Å². The van der Waals surface area contributed by atoms with Gasteiger partial charge in [0.15, 0.2) is 16.7 Å². The summed E-state index contributed by atoms with van der Waals surface area (Å²) in [6.45, 7) is 0. The fourth-order valence-corrected chi connectivity index (χ4v) is 4.71. The van der Waals surface area contributed by atoms with Crippen molar-refractivity contribution in [1.29, 1.82) is 0 Å². The highest BCUT2D eigenvalue weighted by Crippen LogP contribution is 2.43. The molecule has 2 N–H and O–H groups in total. The van der Waals surface area contributed by atoms with Crippen LogP contribution >= 0.6 is 11.8 Å². The molecule has 1 unspecified atom stereocenters. The Balaban J connectivity index is 1.77. The third-order valence-electron chi connectivity index (χ3n) is 5.42. The standard InChI is InChI=1S/C23H23N3O5S/c1-26-21-19(22(29)25-23(26)32-12-13-7-5-4-6-8-13)15(11-18(27)24-21)14-9-16(30-2)20(28)17(10-14)31-3/h4-10,15,28H,11-12H2,1-3H3,(H,24,27). The normalized spacial score (nSPS) is 15.1. The highest BCUT2D eigenvalue weighted by molar-refractivity contribution is 7.98. The highest BCUT2D eigenvalue weighted by atomic mass is 32.2. The van der Waals surface area contributed by atoms with Crippen LogP contribution in [0.5, 0.6) is 17.2 Å². The van der Waals surface area contributed by atoms with Crippen LogP contribution in [0.2, 0.25) is 0 Å². The number of hydrogen-bond acceptors (Lipinski definition) is 7. The van der Waals surface area contributed by atoms with Crippen LogP contribution in [0, 0.1) is 0 Å². The topological polar surface area (TPSA) is 103 Å². The molecule has 8 nitrogen and oxygen atoms in total. The number of nitrogens with zero attached hydrogens (tertiary/aromatic N) is 2. The molecule has 2 heterocycles. The molecule has 9 heteroatoms. The molecule has 0 saturated carbocycles. The zero-order valence-corrected chi connectivity index (χ0v) is 18.7. The molecule has 0 aliphatic carbocycles. The van der Waals surface area contributed by atoms with Gasteiger partial charge in [0.2, 0.25) is 11.7 Å². The number of thioether (sulfide) groups is 1. The largest absolute Gasteiger partial charge is 0.502 e. The van der Waals surface area contributed by atoms with E-state index in [2.05, 4.69) is 10.3 Å². The second-order valence-electron chi connectivity index (χ2n) is 7.37. The number of anilines is 1. The Hall–Kier alpha value is -3.46. The van der Waals surface area contributed by atoms with E-state index in [1.54, 1.807) is 23.7 Å². The van der Waals surface area contributed by atoms with Crippen LogP contribution in [0.15, 0.2) is 52.4 Å². The Bertz CT molecular complexity index is 1200. The van der Waals surface area contributed by atoms with Crippen molar-refractivity contribution < 1.29 is 19.4 Å². The van der Waals surface area contributed by atoms with E-state index in [9.17, 15) is 14.7 Å². The molecular weight excluding hydrogens is 430 g/mol. The van der Waals surface area contributed by atoms with Crippen LogP contribution in [0.4, 0.5) is 5.82 Å². The number of amides is 1. The molecule has 1 aliphatic heterocycles. The van der Waals surface area contributed by atoms with Gasteiger partial charge < -0.3 is 24.5 Å². The monoisotopic (exact) mass is 453 g/mol. The van der Waals surface area contributed by atoms with Gasteiger partial charge in [0.05, 0.1) is 19.8 Å². The maximum Gasteiger partial charge on any atom is 0.279 e. The van der Waals surface area contributed by atoms with Gasteiger partial charge in [0.1, 0.15) is 5.82 Å². The Labute approximate surface area is 189 Å². The number of aromatic hydroxyl groups is 1. The summed E-state index contributed by atoms with van der Waals surface area (Å²) in [5.41, 5.74) is 1.72. The minimum Gasteiger partial charge on any atom is -0.502 e. The van der Waals surface area contributed by atoms with Crippen LogP contribution in [-0.4, -0.2) is 34.8 Å². The first kappa shape index (κ1) is 21.8. The summed E-state index contributed by atoms with van der Waals surface area (Å²) >= 11 is 1.43. The van der Waals surface area contributed by atoms with Gasteiger partial charge in [-0.05, 0) is 23.3 Å². The molecule has 166 valence electrons. The minimum absolute atomic E-state index is 0.0670. The predicted octanol–water partition coefficient (Wildman–Crippen LogP) is 3.27. The summed E-state index contributed by atoms with van der Waals surface area (Å²) in [5, 5.41) is 13.6. The molecule has 0 spiro atoms. The van der Waals surface area contributed by atoms with Crippen LogP contribution < -0.4 is 20.3 Å². The lowest BCUT2D eigenvalue weighted by Gasteiger charge is -2.28. The van der Waals surface area contributed by atoms with Crippen molar-refractivity contribution in [2.75, 3.05) is 19.5 Å². The summed E-state index contributed by atoms with van der Waals surface area (Å²) in [4.78, 5) is 30.0. The number of hydrogen-bond donors (Lipinski definition) is 2. The van der Waals surface area contributed by atoms with Crippen molar-refractivity contribution in [1.82, 2.24) is 9.55 Å². The van der Waals surface area contributed by atoms with E-state index in [0.717, 1.165) is 5.56 Å². The molecule has 0 fully saturated rings. The molecule has 3 aromatic rings. The molecule has 1 atom stereocenters. The predicted molar refractivity (Wildman–Crippen MR) is 122 cm³/mol. The number of rotatable bonds is 6. The number of fused-ring (bicyclic) bond motifs is 1. The maximum absolute atomic E-state index is 13.1. The minimum atomic E-state index is -0.554. The number of methoxy groups -OCH3 is 2. The highest BCUT2D eigenvalue weighted by Gasteiger charge is 2.33. The second kappa shape index (κ2) is 8.96. The summed E-state index contributed by atoms with van der Waals surface area (Å²) in [7, 11) is 4.63. The Kier molecular flexibility index (Phi) is 6.09. The summed E-state index contributed by atoms with van der Waals surface area (Å²) < 4.78 is 12.2. The summed E-state index contributed by atoms with van der Waals surface area (Å²) in [6.07, 6.45) is 0.0670. The lowest BCUT2D eigenvalue weighted by Crippen LogP contribution is -2.33. The average Bonchev–Trinajstić information content (AvgIpc) is 2.80. The summed E-state index contributed by atoms with van der Waals surface area (Å²) in [5.74, 6) is 0.559. The third kappa shape index (κ3) is 4.03. The smallest absolute Gasteiger partial charge is 0.279 e. The van der Waals surface area contributed by atoms with Gasteiger partial charge in [-0.25, -0.2) is 0 Å². The number of nitrogens with one attached hydrogen (secondary N) is 1. The molecule has 1 amide bonds. The maximum atomic E-state index is 13.1. The van der Waals surface area contributed by atoms with E-state index in [0.29, 0.717) is 27.9 Å². The van der Waals surface area contributed by atoms with Crippen LogP contribution in [0.1, 0.15) is 29.0 Å². The second-order valence-corrected chi connectivity index (χ2v) is 8.32. The molecule has 1 aromatic heterocycles. The van der Waals surface area contributed by atoms with E-state index in [1.807, 2.05) is 30.3 Å². The van der Waals surface area contributed by atoms with Gasteiger partial charge in [-0.2, -0.15) is 4.98 Å². The Morgan fingerprint density at radius 3 is 2.44 bits per heavy atom. The number of phenolic OH excluding ortho intramolecular Hbond substituents is 1. The van der Waals surface area contributed by atoms with E-state index in [4.69, 9.17) is 9.47 Å². The molecule has 4 rings (SSSR count). The van der Waals surface area contributed by atoms with Crippen molar-refractivity contribution in [3.05, 3.63) is 69.5 Å². The molecule has 1 aliphatic rings. The first-order chi connectivity index (χ1) is 15.4. The number of ether oxygens (including phenoxy) is 2. The van der Waals surface area contributed by atoms with Gasteiger partial charge in [-0.3, -0.25) is 9.59 Å². The van der Waals surface area contributed by atoms with Gasteiger partial charge in [-0.15, -0.1) is 0 Å². The van der Waals surface area contributed by atoms with Crippen LogP contribution in [-0.2, 0) is 17.6 Å². The number of carbonyl (C=O) groups is 1. The fraction of sp³-hybridized carbons (Fsp3) is 0.261. The van der Waals surface area contributed by atoms with E-state index in [-0.39, 0.29) is 29.6 Å². The third-order valence-corrected chi connectivity index (χ3v) is 6.52. The Morgan fingerprint density at radius 1 is 1.16 bits per heavy atom. The number of benzene rings is 2. The molecule has 32 heavy (non-hydrogen) atoms. The molecular formula is C23H23N3O5S. The van der Waals surface area contributed by atoms with Crippen molar-refractivity contribution in [2.24, 2.45) is 7.05 Å². The summed E-state index contributed by atoms with van der Waals surface area (Å²) in [6, 6.07) is 13.1. The Morgan fingerprint density at radius 2 is 1.81 bits per heavy atom. The molecule has 0 radical (unpaired) electrons. The van der Waals surface area contributed by atoms with Gasteiger partial charge in [0, 0.05) is 25.1 Å². The SMILES string of the molecule is COc1cc(C2CC(=O)Nc3c2c(=O)nc(SCc2ccccc2)n3C)cc(OC)c1O. The van der Waals surface area contributed by atoms with Crippen molar-refractivity contribution in [3.63, 3.8) is 0 Å². The number of carbonyl (C=O) groups excluding carboxylic acids is 1. The van der Waals surface area contributed by atoms with Crippen LogP contribution in [0.3, 0.4) is 0 Å². The van der Waals surface area contributed by atoms with Gasteiger partial charge in [-0.1, -0.05) is 42.1 Å². The van der Waals surface area contributed by atoms with Gasteiger partial charge in [0.25, 0.3) is 5.56 Å².